The van der Waals surface area contributed by atoms with Crippen LogP contribution in [0.15, 0.2) is 36.4 Å². The molecule has 3 aromatic rings. The normalized spacial score (nSPS) is 10.6. The number of halogens is 3. The fourth-order valence-electron chi connectivity index (χ4n) is 1.90. The summed E-state index contributed by atoms with van der Waals surface area (Å²) < 4.78 is 13.7. The van der Waals surface area contributed by atoms with Crippen molar-refractivity contribution in [2.75, 3.05) is 5.32 Å². The molecule has 0 bridgehead atoms. The summed E-state index contributed by atoms with van der Waals surface area (Å²) in [5, 5.41) is 6.64. The Labute approximate surface area is 155 Å². The van der Waals surface area contributed by atoms with E-state index in [0.717, 1.165) is 4.70 Å². The number of carbonyl (C=O) groups is 1. The van der Waals surface area contributed by atoms with Gasteiger partial charge in [-0.3, -0.25) is 10.1 Å². The van der Waals surface area contributed by atoms with E-state index in [1.807, 2.05) is 0 Å². The van der Waals surface area contributed by atoms with Crippen molar-refractivity contribution in [3.05, 3.63) is 57.8 Å². The van der Waals surface area contributed by atoms with Gasteiger partial charge in [0.15, 0.2) is 10.2 Å². The molecular weight excluding hydrogens is 392 g/mol. The van der Waals surface area contributed by atoms with Crippen molar-refractivity contribution in [2.24, 2.45) is 0 Å². The molecule has 0 saturated heterocycles. The minimum Gasteiger partial charge on any atom is -0.308 e. The molecule has 0 unspecified atom stereocenters. The van der Waals surface area contributed by atoms with E-state index >= 15 is 0 Å². The zero-order valence-corrected chi connectivity index (χ0v) is 14.9. The molecule has 2 N–H and O–H groups in total. The number of nitrogens with one attached hydrogen (secondary N) is 2. The third kappa shape index (κ3) is 3.64. The number of aromatic nitrogens is 1. The molecule has 0 radical (unpaired) electrons. The van der Waals surface area contributed by atoms with Crippen LogP contribution < -0.4 is 10.6 Å². The van der Waals surface area contributed by atoms with Crippen LogP contribution in [0.5, 0.6) is 0 Å². The maximum Gasteiger partial charge on any atom is 0.257 e. The van der Waals surface area contributed by atoms with Crippen LogP contribution in [0.2, 0.25) is 10.0 Å². The number of hydrogen-bond donors (Lipinski definition) is 2. The van der Waals surface area contributed by atoms with E-state index in [-0.39, 0.29) is 5.11 Å². The fraction of sp³-hybridized carbons (Fsp3) is 0. The predicted molar refractivity (Wildman–Crippen MR) is 99.7 cm³/mol. The lowest BCUT2D eigenvalue weighted by molar-refractivity contribution is 0.0977. The summed E-state index contributed by atoms with van der Waals surface area (Å²) in [7, 11) is 0. The van der Waals surface area contributed by atoms with Crippen LogP contribution in [0.1, 0.15) is 10.4 Å². The topological polar surface area (TPSA) is 54.0 Å². The molecule has 0 aliphatic rings. The van der Waals surface area contributed by atoms with E-state index in [1.54, 1.807) is 12.1 Å². The van der Waals surface area contributed by atoms with Gasteiger partial charge in [-0.1, -0.05) is 34.5 Å². The molecule has 24 heavy (non-hydrogen) atoms. The Morgan fingerprint density at radius 2 is 1.88 bits per heavy atom. The van der Waals surface area contributed by atoms with Gasteiger partial charge >= 0.3 is 0 Å². The second-order valence-electron chi connectivity index (χ2n) is 4.64. The van der Waals surface area contributed by atoms with Gasteiger partial charge in [-0.2, -0.15) is 0 Å². The Balaban J connectivity index is 1.72. The van der Waals surface area contributed by atoms with Crippen LogP contribution in [0, 0.1) is 5.82 Å². The molecule has 0 aliphatic carbocycles. The number of rotatable bonds is 2. The van der Waals surface area contributed by atoms with Gasteiger partial charge in [-0.15, -0.1) is 0 Å². The van der Waals surface area contributed by atoms with E-state index in [2.05, 4.69) is 15.6 Å². The monoisotopic (exact) mass is 399 g/mol. The van der Waals surface area contributed by atoms with E-state index < -0.39 is 11.7 Å². The summed E-state index contributed by atoms with van der Waals surface area (Å²) in [6.45, 7) is 0. The van der Waals surface area contributed by atoms with E-state index in [0.29, 0.717) is 26.3 Å². The van der Waals surface area contributed by atoms with Crippen molar-refractivity contribution >= 4 is 73.1 Å². The van der Waals surface area contributed by atoms with Gasteiger partial charge in [0, 0.05) is 5.56 Å². The number of fused-ring (bicyclic) bond motifs is 1. The molecule has 0 atom stereocenters. The number of thiocarbonyl (C=S) groups is 1. The molecule has 2 aromatic carbocycles. The highest BCUT2D eigenvalue weighted by Gasteiger charge is 2.12. The molecule has 0 spiro atoms. The molecular formula is C15H8Cl2FN3OS2. The van der Waals surface area contributed by atoms with Gasteiger partial charge in [0.05, 0.1) is 14.7 Å². The standard InChI is InChI=1S/C15H8Cl2FN3OS2/c16-9-5-6-10-12(11(9)17)19-15(24-10)21-14(23)20-13(22)7-1-3-8(18)4-2-7/h1-6H,(H2,19,20,21,22,23). The third-order valence-electron chi connectivity index (χ3n) is 3.01. The number of nitrogens with zero attached hydrogens (tertiary/aromatic N) is 1. The van der Waals surface area contributed by atoms with Crippen LogP contribution in [-0.2, 0) is 0 Å². The van der Waals surface area contributed by atoms with Crippen molar-refractivity contribution in [3.63, 3.8) is 0 Å². The molecule has 1 heterocycles. The summed E-state index contributed by atoms with van der Waals surface area (Å²) in [4.78, 5) is 16.3. The maximum absolute atomic E-state index is 12.9. The Hall–Kier alpha value is -1.80. The van der Waals surface area contributed by atoms with Crippen LogP contribution >= 0.6 is 46.8 Å². The number of carbonyl (C=O) groups excluding carboxylic acids is 1. The third-order valence-corrected chi connectivity index (χ3v) is 4.94. The van der Waals surface area contributed by atoms with E-state index in [1.165, 1.54) is 35.6 Å². The average Bonchev–Trinajstić information content (AvgIpc) is 2.94. The number of thiazole rings is 1. The fourth-order valence-corrected chi connectivity index (χ4v) is 3.44. The average molecular weight is 400 g/mol. The Bertz CT molecular complexity index is 944. The minimum absolute atomic E-state index is 0.0746. The highest BCUT2D eigenvalue weighted by atomic mass is 35.5. The van der Waals surface area contributed by atoms with Crippen LogP contribution in [-0.4, -0.2) is 16.0 Å². The first-order valence-corrected chi connectivity index (χ1v) is 8.54. The van der Waals surface area contributed by atoms with Gasteiger partial charge in [-0.25, -0.2) is 9.37 Å². The summed E-state index contributed by atoms with van der Waals surface area (Å²) in [5.74, 6) is -0.869. The summed E-state index contributed by atoms with van der Waals surface area (Å²) >= 11 is 18.5. The zero-order valence-electron chi connectivity index (χ0n) is 11.8. The molecule has 4 nitrogen and oxygen atoms in total. The summed E-state index contributed by atoms with van der Waals surface area (Å²) in [5.41, 5.74) is 0.851. The number of anilines is 1. The SMILES string of the molecule is O=C(NC(=S)Nc1nc2c(Cl)c(Cl)ccc2s1)c1ccc(F)cc1. The molecule has 0 fully saturated rings. The van der Waals surface area contributed by atoms with Crippen LogP contribution in [0.25, 0.3) is 10.2 Å². The van der Waals surface area contributed by atoms with Crippen molar-refractivity contribution < 1.29 is 9.18 Å². The minimum atomic E-state index is -0.449. The van der Waals surface area contributed by atoms with Crippen LogP contribution in [0.4, 0.5) is 9.52 Å². The second kappa shape index (κ2) is 6.98. The molecule has 122 valence electrons. The molecule has 1 amide bonds. The molecule has 0 aliphatic heterocycles. The largest absolute Gasteiger partial charge is 0.308 e. The zero-order chi connectivity index (χ0) is 17.3. The van der Waals surface area contributed by atoms with Gasteiger partial charge in [0.2, 0.25) is 0 Å². The van der Waals surface area contributed by atoms with Gasteiger partial charge < -0.3 is 5.32 Å². The highest BCUT2D eigenvalue weighted by molar-refractivity contribution is 7.80. The Morgan fingerprint density at radius 1 is 1.17 bits per heavy atom. The maximum atomic E-state index is 12.9. The first-order valence-electron chi connectivity index (χ1n) is 6.56. The number of hydrogen-bond acceptors (Lipinski definition) is 4. The first kappa shape index (κ1) is 17.0. The van der Waals surface area contributed by atoms with Gasteiger partial charge in [0.1, 0.15) is 11.3 Å². The van der Waals surface area contributed by atoms with Crippen molar-refractivity contribution in [2.45, 2.75) is 0 Å². The molecule has 0 saturated carbocycles. The van der Waals surface area contributed by atoms with E-state index in [4.69, 9.17) is 35.4 Å². The van der Waals surface area contributed by atoms with Crippen molar-refractivity contribution in [3.8, 4) is 0 Å². The van der Waals surface area contributed by atoms with Crippen LogP contribution in [0.3, 0.4) is 0 Å². The van der Waals surface area contributed by atoms with Crippen molar-refractivity contribution in [1.82, 2.24) is 10.3 Å². The summed E-state index contributed by atoms with van der Waals surface area (Å²) in [6.07, 6.45) is 0. The van der Waals surface area contributed by atoms with E-state index in [9.17, 15) is 9.18 Å². The summed E-state index contributed by atoms with van der Waals surface area (Å²) in [6, 6.07) is 8.62. The lowest BCUT2D eigenvalue weighted by atomic mass is 10.2. The molecule has 3 rings (SSSR count). The van der Waals surface area contributed by atoms with Gasteiger partial charge in [-0.05, 0) is 48.6 Å². The molecule has 1 aromatic heterocycles. The highest BCUT2D eigenvalue weighted by Crippen LogP contribution is 2.35. The second-order valence-corrected chi connectivity index (χ2v) is 6.87. The molecule has 9 heteroatoms. The first-order chi connectivity index (χ1) is 11.4. The smallest absolute Gasteiger partial charge is 0.257 e. The Morgan fingerprint density at radius 3 is 2.58 bits per heavy atom. The Kier molecular flexibility index (Phi) is 4.96. The quantitative estimate of drug-likeness (QED) is 0.603. The number of benzene rings is 2. The lowest BCUT2D eigenvalue weighted by Crippen LogP contribution is -2.34. The lowest BCUT2D eigenvalue weighted by Gasteiger charge is -2.06. The van der Waals surface area contributed by atoms with Gasteiger partial charge in [0.25, 0.3) is 5.91 Å². The number of amides is 1. The predicted octanol–water partition coefficient (Wildman–Crippen LogP) is 4.87. The van der Waals surface area contributed by atoms with Crippen molar-refractivity contribution in [1.29, 1.82) is 0 Å².